The fourth-order valence-corrected chi connectivity index (χ4v) is 3.18. The van der Waals surface area contributed by atoms with E-state index in [1.54, 1.807) is 0 Å². The minimum atomic E-state index is -3.47. The molecule has 1 rings (SSSR count). The zero-order chi connectivity index (χ0) is 9.90. The zero-order valence-corrected chi connectivity index (χ0v) is 10.4. The molecule has 0 bridgehead atoms. The normalized spacial score (nSPS) is 21.3. The van der Waals surface area contributed by atoms with Crippen LogP contribution in [-0.4, -0.2) is 45.0 Å². The van der Waals surface area contributed by atoms with E-state index in [0.29, 0.717) is 32.7 Å². The number of rotatable bonds is 3. The van der Waals surface area contributed by atoms with Crippen molar-refractivity contribution in [1.29, 1.82) is 0 Å². The molecular formula is C7H15Cl2NO3S. The quantitative estimate of drug-likeness (QED) is 0.715. The first kappa shape index (κ1) is 14.5. The van der Waals surface area contributed by atoms with Crippen LogP contribution in [0.5, 0.6) is 0 Å². The van der Waals surface area contributed by atoms with Crippen molar-refractivity contribution >= 4 is 32.1 Å². The van der Waals surface area contributed by atoms with Gasteiger partial charge in [-0.15, -0.1) is 12.4 Å². The lowest BCUT2D eigenvalue weighted by Crippen LogP contribution is -2.45. The molecule has 1 aliphatic heterocycles. The highest BCUT2D eigenvalue weighted by Crippen LogP contribution is 2.17. The van der Waals surface area contributed by atoms with Crippen LogP contribution in [0.1, 0.15) is 13.3 Å². The summed E-state index contributed by atoms with van der Waals surface area (Å²) in [4.78, 5) is 1.85. The first-order valence-electron chi connectivity index (χ1n) is 4.31. The summed E-state index contributed by atoms with van der Waals surface area (Å²) in [5.74, 6) is 0. The van der Waals surface area contributed by atoms with Crippen LogP contribution in [-0.2, 0) is 13.8 Å². The Bertz CT molecular complexity index is 252. The second kappa shape index (κ2) is 6.12. The maximum Gasteiger partial charge on any atom is 0.248 e. The summed E-state index contributed by atoms with van der Waals surface area (Å²) in [6, 6.07) is 0. The van der Waals surface area contributed by atoms with Gasteiger partial charge in [-0.25, -0.2) is 8.42 Å². The summed E-state index contributed by atoms with van der Waals surface area (Å²) in [5.41, 5.74) is 0. The standard InChI is InChI=1S/C7H14ClNO3S.ClH/c1-2-7(13(8,10)11)9-3-5-12-6-4-9;/h7H,2-6H2,1H3;1H. The van der Waals surface area contributed by atoms with Gasteiger partial charge < -0.3 is 4.74 Å². The lowest BCUT2D eigenvalue weighted by atomic mass is 10.3. The van der Waals surface area contributed by atoms with Gasteiger partial charge in [0.2, 0.25) is 9.05 Å². The monoisotopic (exact) mass is 263 g/mol. The van der Waals surface area contributed by atoms with E-state index < -0.39 is 14.4 Å². The maximum atomic E-state index is 11.1. The number of nitrogens with zero attached hydrogens (tertiary/aromatic N) is 1. The molecule has 0 aromatic rings. The molecule has 86 valence electrons. The Balaban J connectivity index is 0.00000169. The summed E-state index contributed by atoms with van der Waals surface area (Å²) in [6.07, 6.45) is 0.520. The third-order valence-electron chi connectivity index (χ3n) is 2.13. The van der Waals surface area contributed by atoms with Crippen LogP contribution in [0.3, 0.4) is 0 Å². The molecule has 1 aliphatic rings. The number of hydrogen-bond acceptors (Lipinski definition) is 4. The molecule has 0 aromatic heterocycles. The van der Waals surface area contributed by atoms with Gasteiger partial charge in [-0.2, -0.15) is 0 Å². The van der Waals surface area contributed by atoms with E-state index in [2.05, 4.69) is 0 Å². The smallest absolute Gasteiger partial charge is 0.248 e. The molecule has 0 N–H and O–H groups in total. The molecule has 0 aromatic carbocycles. The van der Waals surface area contributed by atoms with Gasteiger partial charge in [-0.05, 0) is 6.42 Å². The Labute approximate surface area is 95.4 Å². The van der Waals surface area contributed by atoms with Crippen molar-refractivity contribution < 1.29 is 13.2 Å². The Morgan fingerprint density at radius 1 is 1.43 bits per heavy atom. The van der Waals surface area contributed by atoms with Gasteiger partial charge in [0.25, 0.3) is 0 Å². The van der Waals surface area contributed by atoms with Crippen molar-refractivity contribution in [2.24, 2.45) is 0 Å². The summed E-state index contributed by atoms with van der Waals surface area (Å²) < 4.78 is 27.4. The Morgan fingerprint density at radius 3 is 2.29 bits per heavy atom. The van der Waals surface area contributed by atoms with E-state index in [1.165, 1.54) is 0 Å². The lowest BCUT2D eigenvalue weighted by molar-refractivity contribution is 0.0309. The fraction of sp³-hybridized carbons (Fsp3) is 1.00. The second-order valence-corrected chi connectivity index (χ2v) is 5.77. The molecule has 0 aliphatic carbocycles. The van der Waals surface area contributed by atoms with Crippen molar-refractivity contribution in [3.63, 3.8) is 0 Å². The maximum absolute atomic E-state index is 11.1. The van der Waals surface area contributed by atoms with Gasteiger partial charge in [0, 0.05) is 23.8 Å². The Kier molecular flexibility index (Phi) is 6.32. The number of halogens is 2. The molecule has 1 heterocycles. The van der Waals surface area contributed by atoms with E-state index in [9.17, 15) is 8.42 Å². The molecule has 0 amide bonds. The molecule has 7 heteroatoms. The lowest BCUT2D eigenvalue weighted by Gasteiger charge is -2.31. The molecule has 1 unspecified atom stereocenters. The predicted molar refractivity (Wildman–Crippen MR) is 58.5 cm³/mol. The third-order valence-corrected chi connectivity index (χ3v) is 4.03. The topological polar surface area (TPSA) is 46.6 Å². The van der Waals surface area contributed by atoms with Crippen LogP contribution in [0, 0.1) is 0 Å². The molecule has 1 atom stereocenters. The largest absolute Gasteiger partial charge is 0.379 e. The number of hydrogen-bond donors (Lipinski definition) is 0. The van der Waals surface area contributed by atoms with E-state index in [1.807, 2.05) is 11.8 Å². The number of ether oxygens (including phenoxy) is 1. The molecule has 4 nitrogen and oxygen atoms in total. The second-order valence-electron chi connectivity index (χ2n) is 2.99. The third kappa shape index (κ3) is 3.90. The van der Waals surface area contributed by atoms with Gasteiger partial charge in [0.15, 0.2) is 0 Å². The molecule has 14 heavy (non-hydrogen) atoms. The first-order valence-corrected chi connectivity index (χ1v) is 6.68. The molecule has 0 saturated carbocycles. The van der Waals surface area contributed by atoms with Crippen molar-refractivity contribution in [1.82, 2.24) is 4.90 Å². The minimum absolute atomic E-state index is 0. The molecule has 1 saturated heterocycles. The van der Waals surface area contributed by atoms with E-state index in [-0.39, 0.29) is 12.4 Å². The first-order chi connectivity index (χ1) is 6.05. The van der Waals surface area contributed by atoms with Gasteiger partial charge in [0.05, 0.1) is 13.2 Å². The zero-order valence-electron chi connectivity index (χ0n) is 7.98. The Hall–Kier alpha value is 0.450. The predicted octanol–water partition coefficient (Wildman–Crippen LogP) is 1.05. The SMILES string of the molecule is CCC(N1CCOCC1)S(=O)(=O)Cl.Cl. The highest BCUT2D eigenvalue weighted by molar-refractivity contribution is 8.14. The van der Waals surface area contributed by atoms with Crippen molar-refractivity contribution in [3.8, 4) is 0 Å². The van der Waals surface area contributed by atoms with Gasteiger partial charge in [0.1, 0.15) is 5.37 Å². The summed E-state index contributed by atoms with van der Waals surface area (Å²) in [6.45, 7) is 4.28. The van der Waals surface area contributed by atoms with Gasteiger partial charge >= 0.3 is 0 Å². The summed E-state index contributed by atoms with van der Waals surface area (Å²) >= 11 is 0. The minimum Gasteiger partial charge on any atom is -0.379 e. The average molecular weight is 264 g/mol. The molecule has 0 spiro atoms. The van der Waals surface area contributed by atoms with E-state index in [0.717, 1.165) is 0 Å². The average Bonchev–Trinajstić information content (AvgIpc) is 2.05. The van der Waals surface area contributed by atoms with E-state index in [4.69, 9.17) is 15.4 Å². The Morgan fingerprint density at radius 2 is 1.93 bits per heavy atom. The van der Waals surface area contributed by atoms with Crippen LogP contribution < -0.4 is 0 Å². The van der Waals surface area contributed by atoms with Crippen LogP contribution in [0.2, 0.25) is 0 Å². The van der Waals surface area contributed by atoms with Crippen LogP contribution >= 0.6 is 23.1 Å². The van der Waals surface area contributed by atoms with Crippen LogP contribution in [0.25, 0.3) is 0 Å². The molecule has 0 radical (unpaired) electrons. The van der Waals surface area contributed by atoms with Crippen LogP contribution in [0.15, 0.2) is 0 Å². The van der Waals surface area contributed by atoms with Gasteiger partial charge in [-0.3, -0.25) is 4.90 Å². The van der Waals surface area contributed by atoms with Crippen molar-refractivity contribution in [3.05, 3.63) is 0 Å². The summed E-state index contributed by atoms with van der Waals surface area (Å²) in [5, 5.41) is -0.557. The van der Waals surface area contributed by atoms with Crippen molar-refractivity contribution in [2.45, 2.75) is 18.7 Å². The van der Waals surface area contributed by atoms with Crippen molar-refractivity contribution in [2.75, 3.05) is 26.3 Å². The highest BCUT2D eigenvalue weighted by atomic mass is 35.7. The molecular weight excluding hydrogens is 249 g/mol. The number of morpholine rings is 1. The summed E-state index contributed by atoms with van der Waals surface area (Å²) in [7, 11) is 1.85. The highest BCUT2D eigenvalue weighted by Gasteiger charge is 2.29. The van der Waals surface area contributed by atoms with E-state index >= 15 is 0 Å². The fourth-order valence-electron chi connectivity index (χ4n) is 1.50. The molecule has 1 fully saturated rings. The van der Waals surface area contributed by atoms with Crippen LogP contribution in [0.4, 0.5) is 0 Å². The van der Waals surface area contributed by atoms with Gasteiger partial charge in [-0.1, -0.05) is 6.92 Å².